The van der Waals surface area contributed by atoms with Crippen LogP contribution in [0.25, 0.3) is 0 Å². The van der Waals surface area contributed by atoms with Gasteiger partial charge in [-0.2, -0.15) is 5.10 Å². The molecule has 2 aliphatic rings. The Morgan fingerprint density at radius 2 is 1.68 bits per heavy atom. The molecular formula is C20H22N6O2. The third-order valence-corrected chi connectivity index (χ3v) is 5.02. The van der Waals surface area contributed by atoms with Crippen molar-refractivity contribution < 1.29 is 9.59 Å². The molecule has 2 amide bonds. The highest BCUT2D eigenvalue weighted by Gasteiger charge is 2.30. The smallest absolute Gasteiger partial charge is 0.270 e. The number of carbonyl (C=O) groups is 2. The Morgan fingerprint density at radius 3 is 2.39 bits per heavy atom. The highest BCUT2D eigenvalue weighted by molar-refractivity contribution is 6.40. The largest absolute Gasteiger partial charge is 0.337 e. The molecule has 3 heterocycles. The summed E-state index contributed by atoms with van der Waals surface area (Å²) in [4.78, 5) is 37.7. The maximum absolute atomic E-state index is 13.0. The SMILES string of the molecule is Cc1ccccc1N1N=C(C(=O)N2CCN(c3ncccn3)CC2)CCC1=O. The number of benzene rings is 1. The van der Waals surface area contributed by atoms with Crippen LogP contribution in [0.4, 0.5) is 11.6 Å². The van der Waals surface area contributed by atoms with Crippen molar-refractivity contribution in [2.75, 3.05) is 36.1 Å². The van der Waals surface area contributed by atoms with Gasteiger partial charge < -0.3 is 9.80 Å². The van der Waals surface area contributed by atoms with Crippen LogP contribution in [0.15, 0.2) is 47.8 Å². The molecule has 1 saturated heterocycles. The second-order valence-corrected chi connectivity index (χ2v) is 6.87. The van der Waals surface area contributed by atoms with E-state index in [0.29, 0.717) is 44.3 Å². The summed E-state index contributed by atoms with van der Waals surface area (Å²) in [5.41, 5.74) is 2.11. The van der Waals surface area contributed by atoms with Gasteiger partial charge in [0.2, 0.25) is 11.9 Å². The molecule has 1 aromatic heterocycles. The minimum atomic E-state index is -0.0975. The Balaban J connectivity index is 1.47. The van der Waals surface area contributed by atoms with Gasteiger partial charge in [0.1, 0.15) is 5.71 Å². The Labute approximate surface area is 163 Å². The average Bonchev–Trinajstić information content (AvgIpc) is 2.75. The molecule has 2 aromatic rings. The zero-order chi connectivity index (χ0) is 19.5. The molecule has 0 aliphatic carbocycles. The van der Waals surface area contributed by atoms with Crippen LogP contribution in [-0.2, 0) is 9.59 Å². The minimum absolute atomic E-state index is 0.0862. The molecule has 2 aliphatic heterocycles. The number of nitrogens with zero attached hydrogens (tertiary/aromatic N) is 6. The fourth-order valence-corrected chi connectivity index (χ4v) is 3.44. The third kappa shape index (κ3) is 3.58. The van der Waals surface area contributed by atoms with E-state index >= 15 is 0 Å². The van der Waals surface area contributed by atoms with Crippen molar-refractivity contribution in [3.63, 3.8) is 0 Å². The summed E-state index contributed by atoms with van der Waals surface area (Å²) in [6, 6.07) is 9.35. The molecule has 0 unspecified atom stereocenters. The second-order valence-electron chi connectivity index (χ2n) is 6.87. The molecule has 0 spiro atoms. The summed E-state index contributed by atoms with van der Waals surface area (Å²) in [5.74, 6) is 0.498. The van der Waals surface area contributed by atoms with Crippen molar-refractivity contribution in [3.05, 3.63) is 48.3 Å². The lowest BCUT2D eigenvalue weighted by molar-refractivity contribution is -0.124. The van der Waals surface area contributed by atoms with Gasteiger partial charge in [-0.25, -0.2) is 15.0 Å². The molecule has 28 heavy (non-hydrogen) atoms. The predicted octanol–water partition coefficient (Wildman–Crippen LogP) is 1.62. The summed E-state index contributed by atoms with van der Waals surface area (Å²) in [5, 5.41) is 5.79. The van der Waals surface area contributed by atoms with E-state index in [1.165, 1.54) is 5.01 Å². The molecule has 8 heteroatoms. The quantitative estimate of drug-likeness (QED) is 0.811. The normalized spacial score (nSPS) is 17.5. The first kappa shape index (κ1) is 18.1. The van der Waals surface area contributed by atoms with Crippen LogP contribution >= 0.6 is 0 Å². The van der Waals surface area contributed by atoms with Gasteiger partial charge in [0.05, 0.1) is 5.69 Å². The first-order valence-electron chi connectivity index (χ1n) is 9.41. The van der Waals surface area contributed by atoms with Crippen molar-refractivity contribution in [2.45, 2.75) is 19.8 Å². The Morgan fingerprint density at radius 1 is 0.964 bits per heavy atom. The molecule has 4 rings (SSSR count). The Kier molecular flexibility index (Phi) is 5.01. The van der Waals surface area contributed by atoms with Gasteiger partial charge in [-0.05, 0) is 24.6 Å². The van der Waals surface area contributed by atoms with Gasteiger partial charge in [-0.1, -0.05) is 18.2 Å². The van der Waals surface area contributed by atoms with E-state index in [2.05, 4.69) is 20.0 Å². The average molecular weight is 378 g/mol. The molecule has 8 nitrogen and oxygen atoms in total. The number of hydrazone groups is 1. The number of rotatable bonds is 3. The number of aromatic nitrogens is 2. The lowest BCUT2D eigenvalue weighted by Gasteiger charge is -2.35. The monoisotopic (exact) mass is 378 g/mol. The summed E-state index contributed by atoms with van der Waals surface area (Å²) < 4.78 is 0. The minimum Gasteiger partial charge on any atom is -0.337 e. The third-order valence-electron chi connectivity index (χ3n) is 5.02. The maximum Gasteiger partial charge on any atom is 0.270 e. The number of carbonyl (C=O) groups excluding carboxylic acids is 2. The van der Waals surface area contributed by atoms with E-state index in [4.69, 9.17) is 0 Å². The summed E-state index contributed by atoms with van der Waals surface area (Å²) in [7, 11) is 0. The molecule has 1 aromatic carbocycles. The van der Waals surface area contributed by atoms with Crippen LogP contribution in [0.3, 0.4) is 0 Å². The van der Waals surface area contributed by atoms with Gasteiger partial charge in [0.15, 0.2) is 0 Å². The van der Waals surface area contributed by atoms with Crippen molar-refractivity contribution in [2.24, 2.45) is 5.10 Å². The molecule has 0 radical (unpaired) electrons. The molecule has 144 valence electrons. The molecule has 0 atom stereocenters. The Hall–Kier alpha value is -3.29. The summed E-state index contributed by atoms with van der Waals surface area (Å²) >= 11 is 0. The van der Waals surface area contributed by atoms with Crippen LogP contribution in [0, 0.1) is 6.92 Å². The zero-order valence-electron chi connectivity index (χ0n) is 15.8. The highest BCUT2D eigenvalue weighted by atomic mass is 16.2. The van der Waals surface area contributed by atoms with E-state index in [0.717, 1.165) is 11.3 Å². The molecule has 1 fully saturated rings. The Bertz CT molecular complexity index is 906. The second kappa shape index (κ2) is 7.75. The van der Waals surface area contributed by atoms with E-state index in [9.17, 15) is 9.59 Å². The van der Waals surface area contributed by atoms with Crippen LogP contribution in [0.2, 0.25) is 0 Å². The van der Waals surface area contributed by atoms with E-state index in [-0.39, 0.29) is 18.2 Å². The van der Waals surface area contributed by atoms with Crippen LogP contribution in [-0.4, -0.2) is 58.6 Å². The van der Waals surface area contributed by atoms with Gasteiger partial charge in [0, 0.05) is 51.4 Å². The number of hydrogen-bond donors (Lipinski definition) is 0. The summed E-state index contributed by atoms with van der Waals surface area (Å²) in [6.45, 7) is 4.43. The van der Waals surface area contributed by atoms with Crippen molar-refractivity contribution in [3.8, 4) is 0 Å². The lowest BCUT2D eigenvalue weighted by Crippen LogP contribution is -2.52. The van der Waals surface area contributed by atoms with Crippen molar-refractivity contribution in [1.29, 1.82) is 0 Å². The first-order valence-corrected chi connectivity index (χ1v) is 9.41. The highest BCUT2D eigenvalue weighted by Crippen LogP contribution is 2.24. The van der Waals surface area contributed by atoms with Gasteiger partial charge in [-0.3, -0.25) is 9.59 Å². The van der Waals surface area contributed by atoms with E-state index < -0.39 is 0 Å². The standard InChI is InChI=1S/C20H22N6O2/c1-15-5-2-3-6-17(15)26-18(27)8-7-16(23-26)19(28)24-11-13-25(14-12-24)20-21-9-4-10-22-20/h2-6,9-10H,7-8,11-14H2,1H3. The number of piperazine rings is 1. The number of para-hydroxylation sites is 1. The van der Waals surface area contributed by atoms with Crippen LogP contribution < -0.4 is 9.91 Å². The van der Waals surface area contributed by atoms with E-state index in [1.54, 1.807) is 23.4 Å². The molecular weight excluding hydrogens is 356 g/mol. The number of aryl methyl sites for hydroxylation is 1. The molecule has 0 N–H and O–H groups in total. The maximum atomic E-state index is 13.0. The summed E-state index contributed by atoms with van der Waals surface area (Å²) in [6.07, 6.45) is 4.10. The topological polar surface area (TPSA) is 82.0 Å². The molecule has 0 bridgehead atoms. The molecule has 0 saturated carbocycles. The zero-order valence-corrected chi connectivity index (χ0v) is 15.8. The number of hydrogen-bond acceptors (Lipinski definition) is 6. The predicted molar refractivity (Wildman–Crippen MR) is 106 cm³/mol. The van der Waals surface area contributed by atoms with E-state index in [1.807, 2.05) is 31.2 Å². The van der Waals surface area contributed by atoms with Gasteiger partial charge in [-0.15, -0.1) is 0 Å². The number of amides is 2. The van der Waals surface area contributed by atoms with Crippen LogP contribution in [0.5, 0.6) is 0 Å². The van der Waals surface area contributed by atoms with Crippen molar-refractivity contribution in [1.82, 2.24) is 14.9 Å². The van der Waals surface area contributed by atoms with Crippen LogP contribution in [0.1, 0.15) is 18.4 Å². The van der Waals surface area contributed by atoms with Gasteiger partial charge in [0.25, 0.3) is 5.91 Å². The number of anilines is 2. The first-order chi connectivity index (χ1) is 13.6. The van der Waals surface area contributed by atoms with Gasteiger partial charge >= 0.3 is 0 Å². The lowest BCUT2D eigenvalue weighted by atomic mass is 10.1. The fraction of sp³-hybridized carbons (Fsp3) is 0.350. The van der Waals surface area contributed by atoms with Crippen molar-refractivity contribution >= 4 is 29.2 Å². The fourth-order valence-electron chi connectivity index (χ4n) is 3.44.